The highest BCUT2D eigenvalue weighted by molar-refractivity contribution is 14.0. The van der Waals surface area contributed by atoms with Gasteiger partial charge in [-0.1, -0.05) is 6.07 Å². The molecule has 144 valence electrons. The number of rotatable bonds is 9. The van der Waals surface area contributed by atoms with Gasteiger partial charge >= 0.3 is 0 Å². The molecule has 0 amide bonds. The Bertz CT molecular complexity index is 624. The van der Waals surface area contributed by atoms with Crippen molar-refractivity contribution < 1.29 is 4.42 Å². The minimum Gasteiger partial charge on any atom is -0.469 e. The lowest BCUT2D eigenvalue weighted by atomic mass is 10.3. The lowest BCUT2D eigenvalue weighted by molar-refractivity contribution is 0.507. The van der Waals surface area contributed by atoms with Crippen LogP contribution in [0.1, 0.15) is 32.1 Å². The second-order valence-corrected chi connectivity index (χ2v) is 5.65. The van der Waals surface area contributed by atoms with E-state index in [4.69, 9.17) is 4.42 Å². The molecule has 0 fully saturated rings. The molecule has 2 aromatic rings. The summed E-state index contributed by atoms with van der Waals surface area (Å²) < 4.78 is 5.34. The summed E-state index contributed by atoms with van der Waals surface area (Å²) in [4.78, 5) is 11.4. The van der Waals surface area contributed by atoms with E-state index in [9.17, 15) is 0 Å². The lowest BCUT2D eigenvalue weighted by Crippen LogP contribution is -2.38. The number of nitrogens with zero attached hydrogens (tertiary/aromatic N) is 3. The van der Waals surface area contributed by atoms with Crippen LogP contribution in [0.15, 0.2) is 46.1 Å². The van der Waals surface area contributed by atoms with Crippen molar-refractivity contribution in [1.82, 2.24) is 15.6 Å². The van der Waals surface area contributed by atoms with Gasteiger partial charge in [-0.05, 0) is 44.5 Å². The Morgan fingerprint density at radius 1 is 1.15 bits per heavy atom. The van der Waals surface area contributed by atoms with E-state index in [-0.39, 0.29) is 24.0 Å². The summed E-state index contributed by atoms with van der Waals surface area (Å²) in [5.41, 5.74) is 1.10. The number of anilines is 1. The Balaban J connectivity index is 0.00000338. The van der Waals surface area contributed by atoms with Crippen molar-refractivity contribution in [3.05, 3.63) is 48.0 Å². The number of hydrogen-bond donors (Lipinski definition) is 2. The second kappa shape index (κ2) is 12.6. The number of nitrogens with one attached hydrogen (secondary N) is 2. The monoisotopic (exact) mass is 471 g/mol. The van der Waals surface area contributed by atoms with Crippen molar-refractivity contribution in [2.75, 3.05) is 31.1 Å². The predicted octanol–water partition coefficient (Wildman–Crippen LogP) is 3.44. The van der Waals surface area contributed by atoms with Gasteiger partial charge in [-0.2, -0.15) is 0 Å². The van der Waals surface area contributed by atoms with Gasteiger partial charge < -0.3 is 20.0 Å². The number of aromatic nitrogens is 1. The van der Waals surface area contributed by atoms with Gasteiger partial charge in [0.1, 0.15) is 11.6 Å². The Kier molecular flexibility index (Phi) is 10.8. The van der Waals surface area contributed by atoms with Crippen LogP contribution in [-0.4, -0.2) is 37.1 Å². The lowest BCUT2D eigenvalue weighted by Gasteiger charge is -2.19. The van der Waals surface area contributed by atoms with Crippen LogP contribution < -0.4 is 15.5 Å². The number of pyridine rings is 1. The van der Waals surface area contributed by atoms with E-state index in [1.807, 2.05) is 18.3 Å². The first-order valence-electron chi connectivity index (χ1n) is 9.01. The number of guanidine groups is 1. The van der Waals surface area contributed by atoms with Crippen LogP contribution >= 0.6 is 24.0 Å². The number of aliphatic imine (C=N–C) groups is 1. The Labute approximate surface area is 173 Å². The molecule has 0 aliphatic rings. The minimum atomic E-state index is 0. The maximum absolute atomic E-state index is 5.34. The van der Waals surface area contributed by atoms with E-state index in [1.165, 1.54) is 0 Å². The summed E-state index contributed by atoms with van der Waals surface area (Å²) in [6.07, 6.45) is 4.44. The molecular weight excluding hydrogens is 441 g/mol. The molecule has 7 heteroatoms. The fourth-order valence-electron chi connectivity index (χ4n) is 2.52. The van der Waals surface area contributed by atoms with Crippen LogP contribution in [0.4, 0.5) is 5.82 Å². The van der Waals surface area contributed by atoms with E-state index in [0.717, 1.165) is 55.7 Å². The molecule has 0 spiro atoms. The fraction of sp³-hybridized carbons (Fsp3) is 0.474. The van der Waals surface area contributed by atoms with Crippen molar-refractivity contribution in [3.63, 3.8) is 0 Å². The molecule has 0 atom stereocenters. The predicted molar refractivity (Wildman–Crippen MR) is 118 cm³/mol. The number of hydrogen-bond acceptors (Lipinski definition) is 4. The first-order valence-corrected chi connectivity index (χ1v) is 9.01. The Morgan fingerprint density at radius 3 is 2.54 bits per heavy atom. The summed E-state index contributed by atoms with van der Waals surface area (Å²) in [5.74, 6) is 2.79. The second-order valence-electron chi connectivity index (χ2n) is 5.65. The van der Waals surface area contributed by atoms with Gasteiger partial charge in [-0.25, -0.2) is 9.98 Å². The summed E-state index contributed by atoms with van der Waals surface area (Å²) in [6, 6.07) is 8.05. The molecule has 2 rings (SSSR count). The number of halogens is 1. The molecular formula is C19H30IN5O. The van der Waals surface area contributed by atoms with E-state index in [0.29, 0.717) is 6.54 Å². The Hall–Kier alpha value is -1.77. The van der Waals surface area contributed by atoms with E-state index < -0.39 is 0 Å². The third kappa shape index (κ3) is 7.23. The molecule has 0 aromatic carbocycles. The summed E-state index contributed by atoms with van der Waals surface area (Å²) >= 11 is 0. The molecule has 2 aromatic heterocycles. The van der Waals surface area contributed by atoms with Gasteiger partial charge in [0.2, 0.25) is 0 Å². The van der Waals surface area contributed by atoms with Gasteiger partial charge in [-0.3, -0.25) is 0 Å². The molecule has 2 heterocycles. The molecule has 6 nitrogen and oxygen atoms in total. The largest absolute Gasteiger partial charge is 0.469 e. The molecule has 26 heavy (non-hydrogen) atoms. The molecule has 0 saturated heterocycles. The van der Waals surface area contributed by atoms with Crippen molar-refractivity contribution in [3.8, 4) is 0 Å². The molecule has 0 radical (unpaired) electrons. The van der Waals surface area contributed by atoms with Crippen LogP contribution in [0, 0.1) is 0 Å². The molecule has 0 unspecified atom stereocenters. The smallest absolute Gasteiger partial charge is 0.191 e. The highest BCUT2D eigenvalue weighted by Gasteiger charge is 2.03. The molecule has 0 bridgehead atoms. The first-order chi connectivity index (χ1) is 12.3. The highest BCUT2D eigenvalue weighted by Crippen LogP contribution is 2.11. The topological polar surface area (TPSA) is 65.7 Å². The van der Waals surface area contributed by atoms with Gasteiger partial charge in [0.05, 0.1) is 12.8 Å². The normalized spacial score (nSPS) is 11.0. The maximum atomic E-state index is 5.34. The van der Waals surface area contributed by atoms with Crippen LogP contribution in [0.2, 0.25) is 0 Å². The van der Waals surface area contributed by atoms with Gasteiger partial charge in [0.15, 0.2) is 5.96 Å². The van der Waals surface area contributed by atoms with Crippen LogP contribution in [0.5, 0.6) is 0 Å². The standard InChI is InChI=1S/C19H29N5O.HI/c1-4-20-19(21-12-11-17-8-7-13-25-17)23-15-16-9-10-18(22-14-16)24(5-2)6-3;/h7-10,13-14H,4-6,11-12,15H2,1-3H3,(H2,20,21,23);1H. The zero-order valence-corrected chi connectivity index (χ0v) is 18.2. The van der Waals surface area contributed by atoms with E-state index >= 15 is 0 Å². The third-order valence-corrected chi connectivity index (χ3v) is 3.90. The van der Waals surface area contributed by atoms with Gasteiger partial charge in [0.25, 0.3) is 0 Å². The average molecular weight is 471 g/mol. The zero-order valence-electron chi connectivity index (χ0n) is 15.9. The quantitative estimate of drug-likeness (QED) is 0.333. The Morgan fingerprint density at radius 2 is 1.96 bits per heavy atom. The van der Waals surface area contributed by atoms with Crippen molar-refractivity contribution in [2.45, 2.75) is 33.7 Å². The molecule has 0 aliphatic heterocycles. The molecule has 0 aliphatic carbocycles. The van der Waals surface area contributed by atoms with Crippen molar-refractivity contribution >= 4 is 35.8 Å². The molecule has 0 saturated carbocycles. The highest BCUT2D eigenvalue weighted by atomic mass is 127. The molecule has 2 N–H and O–H groups in total. The zero-order chi connectivity index (χ0) is 17.9. The van der Waals surface area contributed by atoms with Crippen LogP contribution in [-0.2, 0) is 13.0 Å². The summed E-state index contributed by atoms with van der Waals surface area (Å²) in [5, 5.41) is 6.59. The number of furan rings is 1. The first kappa shape index (κ1) is 22.3. The average Bonchev–Trinajstić information content (AvgIpc) is 3.15. The van der Waals surface area contributed by atoms with E-state index in [2.05, 4.69) is 58.4 Å². The SMILES string of the molecule is CCNC(=NCc1ccc(N(CC)CC)nc1)NCCc1ccco1.I. The summed E-state index contributed by atoms with van der Waals surface area (Å²) in [7, 11) is 0. The van der Waals surface area contributed by atoms with Crippen LogP contribution in [0.25, 0.3) is 0 Å². The minimum absolute atomic E-state index is 0. The third-order valence-electron chi connectivity index (χ3n) is 3.90. The van der Waals surface area contributed by atoms with Gasteiger partial charge in [0, 0.05) is 38.8 Å². The maximum Gasteiger partial charge on any atom is 0.191 e. The van der Waals surface area contributed by atoms with Crippen LogP contribution in [0.3, 0.4) is 0 Å². The summed E-state index contributed by atoms with van der Waals surface area (Å²) in [6.45, 7) is 10.5. The fourth-order valence-corrected chi connectivity index (χ4v) is 2.52. The van der Waals surface area contributed by atoms with E-state index in [1.54, 1.807) is 6.26 Å². The van der Waals surface area contributed by atoms with Crippen molar-refractivity contribution in [2.24, 2.45) is 4.99 Å². The van der Waals surface area contributed by atoms with Crippen molar-refractivity contribution in [1.29, 1.82) is 0 Å². The van der Waals surface area contributed by atoms with Gasteiger partial charge in [-0.15, -0.1) is 24.0 Å².